The summed E-state index contributed by atoms with van der Waals surface area (Å²) >= 11 is 12.8. The van der Waals surface area contributed by atoms with Crippen LogP contribution in [0.2, 0.25) is 5.02 Å². The lowest BCUT2D eigenvalue weighted by molar-refractivity contribution is -0.121. The lowest BCUT2D eigenvalue weighted by Gasteiger charge is -2.17. The second kappa shape index (κ2) is 7.38. The molecule has 1 heterocycles. The smallest absolute Gasteiger partial charge is 0.267 e. The SMILES string of the molecule is C/C(=C1\SC(=S)N(CNc2ccccc2Cl)C1=O)c1ccccc1. The van der Waals surface area contributed by atoms with Gasteiger partial charge in [-0.2, -0.15) is 0 Å². The molecule has 0 spiro atoms. The molecule has 0 aromatic heterocycles. The number of carbonyl (C=O) groups excluding carboxylic acids is 1. The molecule has 6 heteroatoms. The highest BCUT2D eigenvalue weighted by molar-refractivity contribution is 8.26. The van der Waals surface area contributed by atoms with Gasteiger partial charge in [0.1, 0.15) is 4.32 Å². The largest absolute Gasteiger partial charge is 0.366 e. The zero-order valence-corrected chi connectivity index (χ0v) is 15.3. The Hall–Kier alpha value is -1.82. The minimum atomic E-state index is -0.0779. The number of hydrogen-bond acceptors (Lipinski definition) is 4. The van der Waals surface area contributed by atoms with Crippen molar-refractivity contribution in [1.82, 2.24) is 4.90 Å². The average molecular weight is 375 g/mol. The second-order valence-corrected chi connectivity index (χ2v) is 7.29. The molecule has 1 N–H and O–H groups in total. The van der Waals surface area contributed by atoms with Gasteiger partial charge in [-0.1, -0.05) is 78.0 Å². The van der Waals surface area contributed by atoms with Crippen LogP contribution in [0.3, 0.4) is 0 Å². The van der Waals surface area contributed by atoms with E-state index in [-0.39, 0.29) is 5.91 Å². The third-order valence-corrected chi connectivity index (χ3v) is 5.58. The van der Waals surface area contributed by atoms with Crippen molar-refractivity contribution in [2.75, 3.05) is 12.0 Å². The Morgan fingerprint density at radius 2 is 1.83 bits per heavy atom. The molecule has 24 heavy (non-hydrogen) atoms. The van der Waals surface area contributed by atoms with Crippen molar-refractivity contribution < 1.29 is 4.79 Å². The fourth-order valence-electron chi connectivity index (χ4n) is 2.35. The minimum Gasteiger partial charge on any atom is -0.366 e. The zero-order valence-electron chi connectivity index (χ0n) is 13.0. The van der Waals surface area contributed by atoms with E-state index in [0.29, 0.717) is 20.9 Å². The highest BCUT2D eigenvalue weighted by Gasteiger charge is 2.33. The fraction of sp³-hybridized carbons (Fsp3) is 0.111. The Balaban J connectivity index is 1.78. The third-order valence-electron chi connectivity index (χ3n) is 3.70. The van der Waals surface area contributed by atoms with E-state index in [1.165, 1.54) is 11.8 Å². The number of nitrogens with zero attached hydrogens (tertiary/aromatic N) is 1. The van der Waals surface area contributed by atoms with Crippen molar-refractivity contribution in [2.45, 2.75) is 6.92 Å². The van der Waals surface area contributed by atoms with Crippen LogP contribution in [0.1, 0.15) is 12.5 Å². The molecule has 3 rings (SSSR count). The molecule has 0 bridgehead atoms. The number of halogens is 1. The monoisotopic (exact) mass is 374 g/mol. The molecule has 1 aliphatic rings. The summed E-state index contributed by atoms with van der Waals surface area (Å²) < 4.78 is 0.546. The number of rotatable bonds is 4. The first kappa shape index (κ1) is 17.0. The van der Waals surface area contributed by atoms with E-state index >= 15 is 0 Å². The zero-order chi connectivity index (χ0) is 17.1. The van der Waals surface area contributed by atoms with E-state index in [1.54, 1.807) is 11.0 Å². The van der Waals surface area contributed by atoms with Gasteiger partial charge in [-0.25, -0.2) is 0 Å². The molecule has 2 aromatic rings. The molecule has 1 saturated heterocycles. The molecule has 1 aliphatic heterocycles. The van der Waals surface area contributed by atoms with Gasteiger partial charge >= 0.3 is 0 Å². The summed E-state index contributed by atoms with van der Waals surface area (Å²) in [4.78, 5) is 15.0. The molecular weight excluding hydrogens is 360 g/mol. The van der Waals surface area contributed by atoms with Crippen molar-refractivity contribution in [3.05, 3.63) is 70.1 Å². The molecule has 0 radical (unpaired) electrons. The third kappa shape index (κ3) is 3.48. The molecule has 1 amide bonds. The lowest BCUT2D eigenvalue weighted by atomic mass is 10.1. The van der Waals surface area contributed by atoms with Crippen molar-refractivity contribution in [1.29, 1.82) is 0 Å². The first-order chi connectivity index (χ1) is 11.6. The number of amides is 1. The maximum absolute atomic E-state index is 12.7. The summed E-state index contributed by atoms with van der Waals surface area (Å²) in [7, 11) is 0. The van der Waals surface area contributed by atoms with Crippen LogP contribution in [0, 0.1) is 0 Å². The first-order valence-electron chi connectivity index (χ1n) is 7.36. The van der Waals surface area contributed by atoms with E-state index in [0.717, 1.165) is 16.8 Å². The highest BCUT2D eigenvalue weighted by atomic mass is 35.5. The topological polar surface area (TPSA) is 32.3 Å². The molecule has 0 atom stereocenters. The van der Waals surface area contributed by atoms with Crippen LogP contribution in [0.4, 0.5) is 5.69 Å². The van der Waals surface area contributed by atoms with Gasteiger partial charge in [-0.15, -0.1) is 0 Å². The van der Waals surface area contributed by atoms with Gasteiger partial charge in [0.15, 0.2) is 0 Å². The van der Waals surface area contributed by atoms with Crippen LogP contribution in [0.5, 0.6) is 0 Å². The van der Waals surface area contributed by atoms with Crippen molar-refractivity contribution >= 4 is 57.1 Å². The van der Waals surface area contributed by atoms with Gasteiger partial charge in [0.25, 0.3) is 5.91 Å². The summed E-state index contributed by atoms with van der Waals surface area (Å²) in [5.74, 6) is -0.0779. The highest BCUT2D eigenvalue weighted by Crippen LogP contribution is 2.36. The Labute approximate surface area is 155 Å². The summed E-state index contributed by atoms with van der Waals surface area (Å²) in [5, 5.41) is 3.77. The van der Waals surface area contributed by atoms with E-state index < -0.39 is 0 Å². The van der Waals surface area contributed by atoms with Gasteiger partial charge in [0.05, 0.1) is 22.3 Å². The predicted octanol–water partition coefficient (Wildman–Crippen LogP) is 5.00. The summed E-state index contributed by atoms with van der Waals surface area (Å²) in [6, 6.07) is 17.3. The normalized spacial score (nSPS) is 16.5. The van der Waals surface area contributed by atoms with E-state index in [1.807, 2.05) is 55.5 Å². The van der Waals surface area contributed by atoms with Crippen molar-refractivity contribution in [3.8, 4) is 0 Å². The molecule has 0 aliphatic carbocycles. The van der Waals surface area contributed by atoms with Crippen LogP contribution in [-0.4, -0.2) is 21.8 Å². The molecule has 1 fully saturated rings. The summed E-state index contributed by atoms with van der Waals surface area (Å²) in [5.41, 5.74) is 2.74. The maximum atomic E-state index is 12.7. The lowest BCUT2D eigenvalue weighted by Crippen LogP contribution is -2.33. The number of allylic oxidation sites excluding steroid dienone is 1. The van der Waals surface area contributed by atoms with Crippen LogP contribution in [0.25, 0.3) is 5.57 Å². The first-order valence-corrected chi connectivity index (χ1v) is 8.96. The molecule has 0 saturated carbocycles. The van der Waals surface area contributed by atoms with Crippen LogP contribution >= 0.6 is 35.6 Å². The minimum absolute atomic E-state index is 0.0779. The second-order valence-electron chi connectivity index (χ2n) is 5.24. The molecule has 2 aromatic carbocycles. The number of benzene rings is 2. The van der Waals surface area contributed by atoms with Crippen LogP contribution in [0.15, 0.2) is 59.5 Å². The van der Waals surface area contributed by atoms with E-state index in [9.17, 15) is 4.79 Å². The standard InChI is InChI=1S/C18H15ClN2OS2/c1-12(13-7-3-2-4-8-13)16-17(22)21(18(23)24-16)11-20-15-10-6-5-9-14(15)19/h2-10,20H,11H2,1H3/b16-12+. The Bertz CT molecular complexity index is 821. The number of anilines is 1. The Morgan fingerprint density at radius 3 is 2.54 bits per heavy atom. The number of thioether (sulfide) groups is 1. The molecule has 0 unspecified atom stereocenters. The number of hydrogen-bond donors (Lipinski definition) is 1. The van der Waals surface area contributed by atoms with Gasteiger partial charge in [0.2, 0.25) is 0 Å². The number of carbonyl (C=O) groups is 1. The maximum Gasteiger partial charge on any atom is 0.267 e. The van der Waals surface area contributed by atoms with Crippen LogP contribution in [-0.2, 0) is 4.79 Å². The van der Waals surface area contributed by atoms with E-state index in [2.05, 4.69) is 5.32 Å². The number of para-hydroxylation sites is 1. The Kier molecular flexibility index (Phi) is 5.23. The van der Waals surface area contributed by atoms with E-state index in [4.69, 9.17) is 23.8 Å². The van der Waals surface area contributed by atoms with Crippen LogP contribution < -0.4 is 5.32 Å². The summed E-state index contributed by atoms with van der Waals surface area (Å²) in [6.45, 7) is 2.24. The van der Waals surface area contributed by atoms with Gasteiger partial charge in [0, 0.05) is 0 Å². The molecule has 122 valence electrons. The van der Waals surface area contributed by atoms with Crippen molar-refractivity contribution in [2.24, 2.45) is 0 Å². The quantitative estimate of drug-likeness (QED) is 0.602. The number of nitrogens with one attached hydrogen (secondary N) is 1. The Morgan fingerprint density at radius 1 is 1.17 bits per heavy atom. The molecule has 3 nitrogen and oxygen atoms in total. The van der Waals surface area contributed by atoms with Gasteiger partial charge < -0.3 is 5.32 Å². The number of thiocarbonyl (C=S) groups is 1. The molecular formula is C18H15ClN2OS2. The van der Waals surface area contributed by atoms with Crippen molar-refractivity contribution in [3.63, 3.8) is 0 Å². The fourth-order valence-corrected chi connectivity index (χ4v) is 3.85. The van der Waals surface area contributed by atoms with Gasteiger partial charge in [-0.05, 0) is 30.2 Å². The summed E-state index contributed by atoms with van der Waals surface area (Å²) in [6.07, 6.45) is 0. The average Bonchev–Trinajstić information content (AvgIpc) is 2.89. The van der Waals surface area contributed by atoms with Gasteiger partial charge in [-0.3, -0.25) is 9.69 Å². The predicted molar refractivity (Wildman–Crippen MR) is 106 cm³/mol.